The summed E-state index contributed by atoms with van der Waals surface area (Å²) in [6, 6.07) is 4.47. The molecule has 2 unspecified atom stereocenters. The van der Waals surface area contributed by atoms with Crippen molar-refractivity contribution in [1.82, 2.24) is 5.32 Å². The minimum Gasteiger partial charge on any atom is -0.377 e. The quantitative estimate of drug-likeness (QED) is 0.894. The van der Waals surface area contributed by atoms with Crippen LogP contribution >= 0.6 is 0 Å². The van der Waals surface area contributed by atoms with Gasteiger partial charge in [-0.2, -0.15) is 5.26 Å². The molecule has 1 heterocycles. The summed E-state index contributed by atoms with van der Waals surface area (Å²) in [5.74, 6) is -1.41. The third-order valence-corrected chi connectivity index (χ3v) is 2.99. The van der Waals surface area contributed by atoms with Crippen LogP contribution in [0.4, 0.5) is 8.78 Å². The Labute approximate surface area is 104 Å². The number of nitrogens with one attached hydrogen (secondary N) is 1. The fraction of sp³-hybridized carbons (Fsp3) is 0.462. The number of hydrogen-bond acceptors (Lipinski definition) is 3. The van der Waals surface area contributed by atoms with Crippen molar-refractivity contribution in [2.75, 3.05) is 13.2 Å². The molecule has 1 aliphatic heterocycles. The molecule has 96 valence electrons. The van der Waals surface area contributed by atoms with E-state index in [9.17, 15) is 8.78 Å². The van der Waals surface area contributed by atoms with Crippen LogP contribution in [0, 0.1) is 23.0 Å². The molecule has 0 radical (unpaired) electrons. The molecule has 0 amide bonds. The van der Waals surface area contributed by atoms with Gasteiger partial charge >= 0.3 is 0 Å². The third kappa shape index (κ3) is 2.84. The topological polar surface area (TPSA) is 45.0 Å². The summed E-state index contributed by atoms with van der Waals surface area (Å²) in [4.78, 5) is 0. The molecule has 1 aliphatic rings. The predicted octanol–water partition coefficient (Wildman–Crippen LogP) is 2.30. The highest BCUT2D eigenvalue weighted by atomic mass is 19.1. The van der Waals surface area contributed by atoms with E-state index in [-0.39, 0.29) is 11.7 Å². The van der Waals surface area contributed by atoms with E-state index < -0.39 is 17.7 Å². The highest BCUT2D eigenvalue weighted by Crippen LogP contribution is 2.21. The summed E-state index contributed by atoms with van der Waals surface area (Å²) in [5, 5.41) is 11.9. The van der Waals surface area contributed by atoms with Crippen molar-refractivity contribution in [3.05, 3.63) is 35.4 Å². The average molecular weight is 252 g/mol. The van der Waals surface area contributed by atoms with E-state index in [1.807, 2.05) is 6.07 Å². The molecular weight excluding hydrogens is 238 g/mol. The fourth-order valence-corrected chi connectivity index (χ4v) is 2.05. The van der Waals surface area contributed by atoms with Gasteiger partial charge in [0.05, 0.1) is 17.7 Å². The average Bonchev–Trinajstić information content (AvgIpc) is 2.86. The lowest BCUT2D eigenvalue weighted by Gasteiger charge is -2.16. The highest BCUT2D eigenvalue weighted by molar-refractivity contribution is 5.27. The van der Waals surface area contributed by atoms with Crippen molar-refractivity contribution in [3.8, 4) is 6.07 Å². The summed E-state index contributed by atoms with van der Waals surface area (Å²) >= 11 is 0. The minimum absolute atomic E-state index is 0.0238. The Hall–Kier alpha value is -1.51. The summed E-state index contributed by atoms with van der Waals surface area (Å²) in [5.41, 5.74) is -0.224. The van der Waals surface area contributed by atoms with Gasteiger partial charge < -0.3 is 4.74 Å². The Morgan fingerprint density at radius 3 is 2.72 bits per heavy atom. The summed E-state index contributed by atoms with van der Waals surface area (Å²) in [6.45, 7) is 1.13. The second-order valence-corrected chi connectivity index (χ2v) is 4.24. The lowest BCUT2D eigenvalue weighted by atomic mass is 10.1. The molecule has 0 aromatic heterocycles. The minimum atomic E-state index is -0.990. The van der Waals surface area contributed by atoms with Crippen molar-refractivity contribution >= 4 is 0 Å². The normalized spacial score (nSPS) is 20.6. The van der Waals surface area contributed by atoms with Gasteiger partial charge in [0.25, 0.3) is 0 Å². The Bertz CT molecular complexity index is 433. The first-order valence-corrected chi connectivity index (χ1v) is 5.91. The maximum atomic E-state index is 13.5. The zero-order chi connectivity index (χ0) is 13.0. The zero-order valence-electron chi connectivity index (χ0n) is 9.83. The summed E-state index contributed by atoms with van der Waals surface area (Å²) in [7, 11) is 0. The molecule has 0 saturated carbocycles. The molecule has 1 fully saturated rings. The first-order chi connectivity index (χ1) is 8.72. The standard InChI is InChI=1S/C13H14F2N2O/c14-10-4-1-5-11(15)13(10)12(7-16)17-8-9-3-2-6-18-9/h1,4-5,9,12,17H,2-3,6,8H2. The highest BCUT2D eigenvalue weighted by Gasteiger charge is 2.22. The number of nitrogens with zero attached hydrogens (tertiary/aromatic N) is 1. The van der Waals surface area contributed by atoms with Gasteiger partial charge in [-0.05, 0) is 25.0 Å². The van der Waals surface area contributed by atoms with Gasteiger partial charge in [-0.1, -0.05) is 6.07 Å². The molecule has 1 saturated heterocycles. The molecule has 0 aliphatic carbocycles. The Kier molecular flexibility index (Phi) is 4.24. The second kappa shape index (κ2) is 5.89. The maximum absolute atomic E-state index is 13.5. The molecule has 5 heteroatoms. The van der Waals surface area contributed by atoms with E-state index in [4.69, 9.17) is 10.00 Å². The summed E-state index contributed by atoms with van der Waals surface area (Å²) < 4.78 is 32.4. The van der Waals surface area contributed by atoms with Crippen LogP contribution in [-0.2, 0) is 4.74 Å². The first-order valence-electron chi connectivity index (χ1n) is 5.91. The van der Waals surface area contributed by atoms with Crippen LogP contribution in [-0.4, -0.2) is 19.3 Å². The van der Waals surface area contributed by atoms with Gasteiger partial charge in [-0.15, -0.1) is 0 Å². The lowest BCUT2D eigenvalue weighted by molar-refractivity contribution is 0.108. The van der Waals surface area contributed by atoms with Gasteiger partial charge in [-0.25, -0.2) is 8.78 Å². The van der Waals surface area contributed by atoms with Crippen molar-refractivity contribution in [1.29, 1.82) is 5.26 Å². The van der Waals surface area contributed by atoms with Crippen molar-refractivity contribution < 1.29 is 13.5 Å². The number of rotatable bonds is 4. The lowest BCUT2D eigenvalue weighted by Crippen LogP contribution is -2.30. The van der Waals surface area contributed by atoms with Crippen LogP contribution in [0.3, 0.4) is 0 Å². The third-order valence-electron chi connectivity index (χ3n) is 2.99. The van der Waals surface area contributed by atoms with Crippen LogP contribution in [0.15, 0.2) is 18.2 Å². The first kappa shape index (κ1) is 12.9. The molecule has 1 N–H and O–H groups in total. The van der Waals surface area contributed by atoms with E-state index in [2.05, 4.69) is 5.32 Å². The van der Waals surface area contributed by atoms with Crippen LogP contribution in [0.2, 0.25) is 0 Å². The van der Waals surface area contributed by atoms with Gasteiger partial charge in [0, 0.05) is 13.2 Å². The van der Waals surface area contributed by atoms with Crippen molar-refractivity contribution in [2.45, 2.75) is 25.0 Å². The number of hydrogen-bond donors (Lipinski definition) is 1. The summed E-state index contributed by atoms with van der Waals surface area (Å²) in [6.07, 6.45) is 1.92. The fourth-order valence-electron chi connectivity index (χ4n) is 2.05. The largest absolute Gasteiger partial charge is 0.377 e. The zero-order valence-corrected chi connectivity index (χ0v) is 9.83. The second-order valence-electron chi connectivity index (χ2n) is 4.24. The molecule has 1 aromatic carbocycles. The number of benzene rings is 1. The molecular formula is C13H14F2N2O. The van der Waals surface area contributed by atoms with Crippen molar-refractivity contribution in [3.63, 3.8) is 0 Å². The predicted molar refractivity (Wildman–Crippen MR) is 61.7 cm³/mol. The van der Waals surface area contributed by atoms with E-state index in [1.165, 1.54) is 6.07 Å². The Balaban J connectivity index is 2.06. The smallest absolute Gasteiger partial charge is 0.131 e. The Morgan fingerprint density at radius 2 is 2.17 bits per heavy atom. The van der Waals surface area contributed by atoms with Crippen LogP contribution < -0.4 is 5.32 Å². The van der Waals surface area contributed by atoms with E-state index in [1.54, 1.807) is 0 Å². The SMILES string of the molecule is N#CC(NCC1CCCO1)c1c(F)cccc1F. The number of ether oxygens (including phenoxy) is 1. The Morgan fingerprint density at radius 1 is 1.44 bits per heavy atom. The molecule has 18 heavy (non-hydrogen) atoms. The van der Waals surface area contributed by atoms with Crippen LogP contribution in [0.25, 0.3) is 0 Å². The van der Waals surface area contributed by atoms with Crippen LogP contribution in [0.5, 0.6) is 0 Å². The monoisotopic (exact) mass is 252 g/mol. The van der Waals surface area contributed by atoms with Gasteiger partial charge in [0.1, 0.15) is 17.7 Å². The number of halogens is 2. The van der Waals surface area contributed by atoms with E-state index in [0.717, 1.165) is 25.0 Å². The molecule has 2 atom stereocenters. The van der Waals surface area contributed by atoms with E-state index >= 15 is 0 Å². The molecule has 1 aromatic rings. The maximum Gasteiger partial charge on any atom is 0.131 e. The van der Waals surface area contributed by atoms with Crippen LogP contribution in [0.1, 0.15) is 24.4 Å². The van der Waals surface area contributed by atoms with E-state index in [0.29, 0.717) is 13.2 Å². The van der Waals surface area contributed by atoms with Gasteiger partial charge in [-0.3, -0.25) is 5.32 Å². The van der Waals surface area contributed by atoms with Crippen molar-refractivity contribution in [2.24, 2.45) is 0 Å². The van der Waals surface area contributed by atoms with Gasteiger partial charge in [0.2, 0.25) is 0 Å². The molecule has 0 spiro atoms. The number of nitriles is 1. The molecule has 3 nitrogen and oxygen atoms in total. The van der Waals surface area contributed by atoms with Gasteiger partial charge in [0.15, 0.2) is 0 Å². The molecule has 0 bridgehead atoms. The molecule has 2 rings (SSSR count).